The molecule has 1 aliphatic carbocycles. The van der Waals surface area contributed by atoms with Gasteiger partial charge in [0.2, 0.25) is 0 Å². The largest absolute Gasteiger partial charge is 0.478 e. The number of carbonyl (C=O) groups is 2. The Balaban J connectivity index is 2.03. The fraction of sp³-hybridized carbons (Fsp3) is 0.467. The third-order valence-corrected chi connectivity index (χ3v) is 4.93. The summed E-state index contributed by atoms with van der Waals surface area (Å²) in [4.78, 5) is 23.0. The summed E-state index contributed by atoms with van der Waals surface area (Å²) in [5.74, 6) is 0.0334. The van der Waals surface area contributed by atoms with Crippen molar-refractivity contribution in [2.24, 2.45) is 11.8 Å². The number of hydrogen-bond donors (Lipinski definition) is 3. The van der Waals surface area contributed by atoms with Crippen LogP contribution in [-0.4, -0.2) is 23.1 Å². The first-order chi connectivity index (χ1) is 9.88. The van der Waals surface area contributed by atoms with Crippen molar-refractivity contribution in [1.29, 1.82) is 0 Å². The van der Waals surface area contributed by atoms with Crippen molar-refractivity contribution in [3.8, 4) is 0 Å². The lowest BCUT2D eigenvalue weighted by atomic mass is 9.98. The molecule has 21 heavy (non-hydrogen) atoms. The molecular weight excluding hydrogens is 336 g/mol. The summed E-state index contributed by atoms with van der Waals surface area (Å²) in [6.45, 7) is 4.33. The minimum absolute atomic E-state index is 0.136. The molecule has 0 aromatic heterocycles. The summed E-state index contributed by atoms with van der Waals surface area (Å²) in [7, 11) is 0. The minimum Gasteiger partial charge on any atom is -0.478 e. The maximum absolute atomic E-state index is 12.1. The zero-order chi connectivity index (χ0) is 15.6. The smallest absolute Gasteiger partial charge is 0.335 e. The van der Waals surface area contributed by atoms with Crippen molar-refractivity contribution in [1.82, 2.24) is 5.32 Å². The van der Waals surface area contributed by atoms with Gasteiger partial charge in [-0.1, -0.05) is 13.8 Å². The van der Waals surface area contributed by atoms with Crippen molar-refractivity contribution in [2.75, 3.05) is 5.32 Å². The summed E-state index contributed by atoms with van der Waals surface area (Å²) in [6.07, 6.45) is 2.09. The Hall–Kier alpha value is -1.56. The summed E-state index contributed by atoms with van der Waals surface area (Å²) < 4.78 is 0.649. The Morgan fingerprint density at radius 2 is 2.00 bits per heavy atom. The summed E-state index contributed by atoms with van der Waals surface area (Å²) >= 11 is 3.31. The predicted octanol–water partition coefficient (Wildman–Crippen LogP) is 3.70. The highest BCUT2D eigenvalue weighted by atomic mass is 79.9. The lowest BCUT2D eigenvalue weighted by Gasteiger charge is -2.20. The Bertz CT molecular complexity index is 562. The van der Waals surface area contributed by atoms with Crippen LogP contribution in [0.4, 0.5) is 10.5 Å². The van der Waals surface area contributed by atoms with Crippen molar-refractivity contribution < 1.29 is 14.7 Å². The molecule has 1 aromatic carbocycles. The number of aromatic carboxylic acids is 1. The number of carboxylic acids is 1. The summed E-state index contributed by atoms with van der Waals surface area (Å²) in [5, 5.41) is 14.7. The van der Waals surface area contributed by atoms with E-state index >= 15 is 0 Å². The topological polar surface area (TPSA) is 78.4 Å². The highest BCUT2D eigenvalue weighted by Crippen LogP contribution is 2.31. The summed E-state index contributed by atoms with van der Waals surface area (Å²) in [6, 6.07) is 4.40. The molecule has 0 bridgehead atoms. The van der Waals surface area contributed by atoms with Gasteiger partial charge in [0.25, 0.3) is 0 Å². The van der Waals surface area contributed by atoms with Gasteiger partial charge in [-0.15, -0.1) is 0 Å². The SMILES string of the molecule is CC1CCC(NC(=O)Nc2cc(C(=O)O)ccc2Br)C1C. The molecule has 1 aromatic rings. The van der Waals surface area contributed by atoms with E-state index in [-0.39, 0.29) is 17.6 Å². The van der Waals surface area contributed by atoms with E-state index < -0.39 is 5.97 Å². The number of anilines is 1. The Morgan fingerprint density at radius 1 is 1.29 bits per heavy atom. The van der Waals surface area contributed by atoms with Gasteiger partial charge in [-0.05, 0) is 58.8 Å². The molecule has 6 heteroatoms. The third kappa shape index (κ3) is 3.75. The van der Waals surface area contributed by atoms with Crippen LogP contribution in [0.1, 0.15) is 37.0 Å². The van der Waals surface area contributed by atoms with Crippen LogP contribution in [0.5, 0.6) is 0 Å². The van der Waals surface area contributed by atoms with Crippen LogP contribution >= 0.6 is 15.9 Å². The average Bonchev–Trinajstić information content (AvgIpc) is 2.73. The van der Waals surface area contributed by atoms with E-state index in [0.717, 1.165) is 12.8 Å². The first kappa shape index (κ1) is 15.8. The monoisotopic (exact) mass is 354 g/mol. The second-order valence-corrected chi connectivity index (χ2v) is 6.47. The molecule has 3 N–H and O–H groups in total. The zero-order valence-electron chi connectivity index (χ0n) is 12.0. The molecular formula is C15H19BrN2O3. The molecule has 0 spiro atoms. The van der Waals surface area contributed by atoms with Crippen LogP contribution in [0.25, 0.3) is 0 Å². The second-order valence-electron chi connectivity index (χ2n) is 5.62. The zero-order valence-corrected chi connectivity index (χ0v) is 13.6. The van der Waals surface area contributed by atoms with Crippen LogP contribution in [0.2, 0.25) is 0 Å². The van der Waals surface area contributed by atoms with Gasteiger partial charge in [0, 0.05) is 10.5 Å². The maximum Gasteiger partial charge on any atom is 0.335 e. The summed E-state index contributed by atoms with van der Waals surface area (Å²) in [5.41, 5.74) is 0.586. The van der Waals surface area contributed by atoms with E-state index in [0.29, 0.717) is 22.0 Å². The van der Waals surface area contributed by atoms with Crippen molar-refractivity contribution in [2.45, 2.75) is 32.7 Å². The Morgan fingerprint density at radius 3 is 2.57 bits per heavy atom. The molecule has 2 amide bonds. The lowest BCUT2D eigenvalue weighted by Crippen LogP contribution is -2.40. The van der Waals surface area contributed by atoms with E-state index in [1.165, 1.54) is 12.1 Å². The minimum atomic E-state index is -1.02. The first-order valence-electron chi connectivity index (χ1n) is 6.99. The van der Waals surface area contributed by atoms with Gasteiger partial charge in [-0.25, -0.2) is 9.59 Å². The first-order valence-corrected chi connectivity index (χ1v) is 7.78. The van der Waals surface area contributed by atoms with E-state index in [9.17, 15) is 9.59 Å². The molecule has 0 saturated heterocycles. The third-order valence-electron chi connectivity index (χ3n) is 4.24. The molecule has 1 fully saturated rings. The van der Waals surface area contributed by atoms with Gasteiger partial charge in [-0.2, -0.15) is 0 Å². The number of urea groups is 1. The maximum atomic E-state index is 12.1. The molecule has 3 unspecified atom stereocenters. The quantitative estimate of drug-likeness (QED) is 0.774. The number of amides is 2. The fourth-order valence-corrected chi connectivity index (χ4v) is 3.00. The molecule has 1 saturated carbocycles. The normalized spacial score (nSPS) is 24.6. The van der Waals surface area contributed by atoms with Crippen molar-refractivity contribution >= 4 is 33.6 Å². The van der Waals surface area contributed by atoms with Crippen LogP contribution in [0.15, 0.2) is 22.7 Å². The van der Waals surface area contributed by atoms with Crippen LogP contribution in [0, 0.1) is 11.8 Å². The molecule has 0 heterocycles. The molecule has 3 atom stereocenters. The number of nitrogens with one attached hydrogen (secondary N) is 2. The lowest BCUT2D eigenvalue weighted by molar-refractivity contribution is 0.0697. The Labute approximate surface area is 132 Å². The molecule has 1 aliphatic rings. The van der Waals surface area contributed by atoms with E-state index in [4.69, 9.17) is 5.11 Å². The Kier molecular flexibility index (Phi) is 4.88. The van der Waals surface area contributed by atoms with Crippen molar-refractivity contribution in [3.63, 3.8) is 0 Å². The molecule has 5 nitrogen and oxygen atoms in total. The highest BCUT2D eigenvalue weighted by Gasteiger charge is 2.30. The van der Waals surface area contributed by atoms with E-state index in [1.54, 1.807) is 6.07 Å². The van der Waals surface area contributed by atoms with Gasteiger partial charge in [-0.3, -0.25) is 0 Å². The van der Waals surface area contributed by atoms with Crippen molar-refractivity contribution in [3.05, 3.63) is 28.2 Å². The number of carboxylic acid groups (broad SMARTS) is 1. The average molecular weight is 355 g/mol. The van der Waals surface area contributed by atoms with E-state index in [1.807, 2.05) is 0 Å². The number of carbonyl (C=O) groups excluding carboxylic acids is 1. The highest BCUT2D eigenvalue weighted by molar-refractivity contribution is 9.10. The molecule has 0 radical (unpaired) electrons. The number of rotatable bonds is 3. The molecule has 114 valence electrons. The van der Waals surface area contributed by atoms with Crippen LogP contribution in [0.3, 0.4) is 0 Å². The van der Waals surface area contributed by atoms with Gasteiger partial charge >= 0.3 is 12.0 Å². The number of benzene rings is 1. The van der Waals surface area contributed by atoms with Crippen LogP contribution in [-0.2, 0) is 0 Å². The fourth-order valence-electron chi connectivity index (χ4n) is 2.65. The predicted molar refractivity (Wildman–Crippen MR) is 84.6 cm³/mol. The second kappa shape index (κ2) is 6.47. The van der Waals surface area contributed by atoms with E-state index in [2.05, 4.69) is 40.4 Å². The number of hydrogen-bond acceptors (Lipinski definition) is 2. The van der Waals surface area contributed by atoms with Gasteiger partial charge in [0.05, 0.1) is 11.3 Å². The van der Waals surface area contributed by atoms with Gasteiger partial charge in [0.15, 0.2) is 0 Å². The van der Waals surface area contributed by atoms with Gasteiger partial charge < -0.3 is 15.7 Å². The number of halogens is 1. The molecule has 0 aliphatic heterocycles. The van der Waals surface area contributed by atoms with Gasteiger partial charge in [0.1, 0.15) is 0 Å². The standard InChI is InChI=1S/C15H19BrN2O3/c1-8-3-6-12(9(8)2)17-15(21)18-13-7-10(14(19)20)4-5-11(13)16/h4-5,7-9,12H,3,6H2,1-2H3,(H,19,20)(H2,17,18,21). The molecule has 2 rings (SSSR count). The van der Waals surface area contributed by atoms with Crippen LogP contribution < -0.4 is 10.6 Å².